The molecule has 0 aliphatic rings. The van der Waals surface area contributed by atoms with E-state index in [0.29, 0.717) is 16.9 Å². The average Bonchev–Trinajstić information content (AvgIpc) is 2.53. The minimum atomic E-state index is -3.91. The van der Waals surface area contributed by atoms with Gasteiger partial charge in [-0.2, -0.15) is 0 Å². The highest BCUT2D eigenvalue weighted by Gasteiger charge is 2.22. The Hall–Kier alpha value is -2.94. The highest BCUT2D eigenvalue weighted by Crippen LogP contribution is 2.30. The van der Waals surface area contributed by atoms with Crippen LogP contribution in [-0.2, 0) is 14.8 Å². The Labute approximate surface area is 151 Å². The van der Waals surface area contributed by atoms with Gasteiger partial charge in [-0.05, 0) is 49.2 Å². The fraction of sp³-hybridized carbons (Fsp3) is 0.235. The maximum Gasteiger partial charge on any atom is 0.341 e. The molecule has 2 aromatic rings. The van der Waals surface area contributed by atoms with Gasteiger partial charge >= 0.3 is 5.97 Å². The van der Waals surface area contributed by atoms with Crippen LogP contribution in [-0.4, -0.2) is 33.2 Å². The molecule has 2 rings (SSSR count). The van der Waals surface area contributed by atoms with Crippen molar-refractivity contribution in [1.29, 1.82) is 0 Å². The highest BCUT2D eigenvalue weighted by molar-refractivity contribution is 7.92. The summed E-state index contributed by atoms with van der Waals surface area (Å²) in [5, 5.41) is 8.67. The number of benzene rings is 2. The predicted octanol–water partition coefficient (Wildman–Crippen LogP) is 2.16. The molecular weight excluding hydrogens is 360 g/mol. The number of aryl methyl sites for hydroxylation is 2. The molecule has 0 aliphatic heterocycles. The number of nitrogens with one attached hydrogen (secondary N) is 1. The van der Waals surface area contributed by atoms with Crippen LogP contribution in [0, 0.1) is 13.8 Å². The first-order valence-corrected chi connectivity index (χ1v) is 9.04. The van der Waals surface area contributed by atoms with E-state index in [1.54, 1.807) is 19.9 Å². The van der Waals surface area contributed by atoms with Gasteiger partial charge in [0.25, 0.3) is 10.0 Å². The maximum atomic E-state index is 12.8. The second kappa shape index (κ2) is 7.52. The number of nitrogens with two attached hydrogens (primary N) is 1. The molecule has 140 valence electrons. The molecule has 0 unspecified atom stereocenters. The van der Waals surface area contributed by atoms with Crippen LogP contribution in [0.4, 0.5) is 11.4 Å². The van der Waals surface area contributed by atoms with E-state index >= 15 is 0 Å². The van der Waals surface area contributed by atoms with Gasteiger partial charge in [-0.1, -0.05) is 0 Å². The summed E-state index contributed by atoms with van der Waals surface area (Å²) >= 11 is 0. The minimum absolute atomic E-state index is 0.0791. The molecule has 0 saturated carbocycles. The lowest BCUT2D eigenvalue weighted by Gasteiger charge is -2.16. The number of methoxy groups -OCH3 is 1. The Balaban J connectivity index is 2.35. The van der Waals surface area contributed by atoms with Crippen molar-refractivity contribution in [3.8, 4) is 11.5 Å². The predicted molar refractivity (Wildman–Crippen MR) is 97.3 cm³/mol. The summed E-state index contributed by atoms with van der Waals surface area (Å²) in [7, 11) is -2.42. The van der Waals surface area contributed by atoms with Crippen LogP contribution < -0.4 is 19.9 Å². The molecule has 0 amide bonds. The molecule has 2 aromatic carbocycles. The number of hydrogen-bond acceptors (Lipinski definition) is 6. The molecule has 0 saturated heterocycles. The second-order valence-corrected chi connectivity index (χ2v) is 7.25. The highest BCUT2D eigenvalue weighted by atomic mass is 32.2. The Morgan fingerprint density at radius 3 is 2.27 bits per heavy atom. The van der Waals surface area contributed by atoms with Gasteiger partial charge in [0.15, 0.2) is 6.61 Å². The summed E-state index contributed by atoms with van der Waals surface area (Å²) < 4.78 is 38.2. The van der Waals surface area contributed by atoms with Crippen LogP contribution in [0.3, 0.4) is 0 Å². The topological polar surface area (TPSA) is 128 Å². The number of carbonyl (C=O) groups is 1. The molecule has 4 N–H and O–H groups in total. The van der Waals surface area contributed by atoms with Gasteiger partial charge in [-0.3, -0.25) is 4.72 Å². The maximum absolute atomic E-state index is 12.8. The van der Waals surface area contributed by atoms with E-state index < -0.39 is 22.6 Å². The fourth-order valence-corrected chi connectivity index (χ4v) is 4.06. The van der Waals surface area contributed by atoms with Crippen molar-refractivity contribution in [3.63, 3.8) is 0 Å². The van der Waals surface area contributed by atoms with E-state index in [1.807, 2.05) is 0 Å². The Morgan fingerprint density at radius 2 is 1.77 bits per heavy atom. The number of aliphatic carboxylic acids is 1. The standard InChI is InChI=1S/C17H20N2O6S/c1-10-6-13(25-9-16(20)21)7-11(2)17(10)26(22,23)19-15-5-4-12(24-3)8-14(15)18/h4-8,19H,9,18H2,1-3H3,(H,20,21). The lowest BCUT2D eigenvalue weighted by molar-refractivity contribution is -0.139. The van der Waals surface area contributed by atoms with Crippen molar-refractivity contribution in [2.24, 2.45) is 0 Å². The van der Waals surface area contributed by atoms with E-state index in [2.05, 4.69) is 4.72 Å². The van der Waals surface area contributed by atoms with Gasteiger partial charge in [-0.25, -0.2) is 13.2 Å². The van der Waals surface area contributed by atoms with Crippen LogP contribution in [0.2, 0.25) is 0 Å². The number of rotatable bonds is 7. The van der Waals surface area contributed by atoms with E-state index in [9.17, 15) is 13.2 Å². The summed E-state index contributed by atoms with van der Waals surface area (Å²) in [5.41, 5.74) is 7.17. The third-order valence-corrected chi connectivity index (χ3v) is 5.24. The van der Waals surface area contributed by atoms with Crippen molar-refractivity contribution < 1.29 is 27.8 Å². The largest absolute Gasteiger partial charge is 0.497 e. The molecule has 0 radical (unpaired) electrons. The number of nitrogen functional groups attached to an aromatic ring is 1. The lowest BCUT2D eigenvalue weighted by atomic mass is 10.1. The molecule has 0 aliphatic carbocycles. The minimum Gasteiger partial charge on any atom is -0.497 e. The SMILES string of the molecule is COc1ccc(NS(=O)(=O)c2c(C)cc(OCC(=O)O)cc2C)c(N)c1. The van der Waals surface area contributed by atoms with Gasteiger partial charge in [0, 0.05) is 6.07 Å². The number of hydrogen-bond donors (Lipinski definition) is 3. The Bertz CT molecular complexity index is 917. The van der Waals surface area contributed by atoms with Crippen molar-refractivity contribution >= 4 is 27.4 Å². The number of ether oxygens (including phenoxy) is 2. The van der Waals surface area contributed by atoms with Crippen molar-refractivity contribution in [2.75, 3.05) is 24.2 Å². The summed E-state index contributed by atoms with van der Waals surface area (Å²) in [6.07, 6.45) is 0. The number of anilines is 2. The average molecular weight is 380 g/mol. The quantitative estimate of drug-likeness (QED) is 0.628. The van der Waals surface area contributed by atoms with Crippen LogP contribution in [0.1, 0.15) is 11.1 Å². The fourth-order valence-electron chi connectivity index (χ4n) is 2.52. The smallest absolute Gasteiger partial charge is 0.341 e. The van der Waals surface area contributed by atoms with Crippen LogP contribution in [0.15, 0.2) is 35.2 Å². The lowest BCUT2D eigenvalue weighted by Crippen LogP contribution is -2.17. The monoisotopic (exact) mass is 380 g/mol. The molecule has 0 atom stereocenters. The molecule has 0 bridgehead atoms. The first-order chi connectivity index (χ1) is 12.1. The number of carboxylic acid groups (broad SMARTS) is 1. The molecule has 8 nitrogen and oxygen atoms in total. The van der Waals surface area contributed by atoms with Gasteiger partial charge in [0.1, 0.15) is 11.5 Å². The zero-order chi connectivity index (χ0) is 19.5. The summed E-state index contributed by atoms with van der Waals surface area (Å²) in [6.45, 7) is 2.70. The van der Waals surface area contributed by atoms with Gasteiger partial charge in [0.05, 0.1) is 23.4 Å². The van der Waals surface area contributed by atoms with Crippen LogP contribution in [0.5, 0.6) is 11.5 Å². The normalized spacial score (nSPS) is 11.0. The third kappa shape index (κ3) is 4.37. The van der Waals surface area contributed by atoms with Gasteiger partial charge < -0.3 is 20.3 Å². The molecule has 0 fully saturated rings. The first-order valence-electron chi connectivity index (χ1n) is 7.56. The summed E-state index contributed by atoms with van der Waals surface area (Å²) in [6, 6.07) is 7.57. The van der Waals surface area contributed by atoms with Crippen molar-refractivity contribution in [3.05, 3.63) is 41.5 Å². The first kappa shape index (κ1) is 19.4. The van der Waals surface area contributed by atoms with E-state index in [4.69, 9.17) is 20.3 Å². The van der Waals surface area contributed by atoms with Gasteiger partial charge in [-0.15, -0.1) is 0 Å². The van der Waals surface area contributed by atoms with Crippen molar-refractivity contribution in [2.45, 2.75) is 18.7 Å². The molecule has 9 heteroatoms. The van der Waals surface area contributed by atoms with Crippen molar-refractivity contribution in [1.82, 2.24) is 0 Å². The van der Waals surface area contributed by atoms with E-state index in [0.717, 1.165) is 0 Å². The molecule has 0 spiro atoms. The molecule has 26 heavy (non-hydrogen) atoms. The Kier molecular flexibility index (Phi) is 5.61. The zero-order valence-corrected chi connectivity index (χ0v) is 15.4. The number of sulfonamides is 1. The van der Waals surface area contributed by atoms with E-state index in [1.165, 1.54) is 31.4 Å². The van der Waals surface area contributed by atoms with Crippen LogP contribution in [0.25, 0.3) is 0 Å². The Morgan fingerprint density at radius 1 is 1.15 bits per heavy atom. The van der Waals surface area contributed by atoms with Gasteiger partial charge in [0.2, 0.25) is 0 Å². The summed E-state index contributed by atoms with van der Waals surface area (Å²) in [5.74, 6) is -0.322. The molecule has 0 heterocycles. The van der Waals surface area contributed by atoms with Crippen LogP contribution >= 0.6 is 0 Å². The summed E-state index contributed by atoms with van der Waals surface area (Å²) in [4.78, 5) is 10.7. The molecular formula is C17H20N2O6S. The number of carboxylic acids is 1. The second-order valence-electron chi connectivity index (χ2n) is 5.63. The third-order valence-electron chi connectivity index (χ3n) is 3.57. The van der Waals surface area contributed by atoms with E-state index in [-0.39, 0.29) is 22.0 Å². The zero-order valence-electron chi connectivity index (χ0n) is 14.6. The molecule has 0 aromatic heterocycles.